The monoisotopic (exact) mass is 589 g/mol. The number of nitrogens with zero attached hydrogens (tertiary/aromatic N) is 2. The highest BCUT2D eigenvalue weighted by molar-refractivity contribution is 7.92. The van der Waals surface area contributed by atoms with Gasteiger partial charge in [-0.3, -0.25) is 13.9 Å². The molecule has 3 aromatic carbocycles. The lowest BCUT2D eigenvalue weighted by Crippen LogP contribution is -2.51. The Kier molecular flexibility index (Phi) is 10.8. The molecule has 0 fully saturated rings. The second-order valence-electron chi connectivity index (χ2n) is 9.19. The van der Waals surface area contributed by atoms with Gasteiger partial charge in [0, 0.05) is 23.1 Å². The van der Waals surface area contributed by atoms with Gasteiger partial charge in [0.2, 0.25) is 11.8 Å². The molecule has 208 valence electrons. The summed E-state index contributed by atoms with van der Waals surface area (Å²) in [5, 5.41) is 3.66. The second-order valence-corrected chi connectivity index (χ2v) is 11.9. The molecule has 0 aliphatic carbocycles. The molecule has 0 heterocycles. The molecular weight excluding hydrogens is 557 g/mol. The Labute approximate surface area is 240 Å². The van der Waals surface area contributed by atoms with Crippen LogP contribution in [-0.2, 0) is 26.2 Å². The zero-order chi connectivity index (χ0) is 28.6. The first-order chi connectivity index (χ1) is 18.6. The van der Waals surface area contributed by atoms with E-state index in [2.05, 4.69) is 5.32 Å². The fraction of sp³-hybridized carbons (Fsp3) is 0.310. The van der Waals surface area contributed by atoms with E-state index in [1.807, 2.05) is 6.92 Å². The number of rotatable bonds is 12. The van der Waals surface area contributed by atoms with Gasteiger partial charge < -0.3 is 10.2 Å². The summed E-state index contributed by atoms with van der Waals surface area (Å²) in [6.07, 6.45) is 1.70. The minimum atomic E-state index is -4.16. The summed E-state index contributed by atoms with van der Waals surface area (Å²) < 4.78 is 28.6. The molecule has 0 unspecified atom stereocenters. The van der Waals surface area contributed by atoms with Gasteiger partial charge in [0.25, 0.3) is 10.0 Å². The van der Waals surface area contributed by atoms with Crippen molar-refractivity contribution < 1.29 is 18.0 Å². The van der Waals surface area contributed by atoms with Crippen LogP contribution in [0.5, 0.6) is 0 Å². The highest BCUT2D eigenvalue weighted by Crippen LogP contribution is 2.29. The van der Waals surface area contributed by atoms with E-state index in [1.165, 1.54) is 23.1 Å². The third kappa shape index (κ3) is 7.75. The SMILES string of the molecule is CCCCNC(=O)[C@H](C)N(Cc1ccccc1Cl)C(=O)CN(c1ccc(C)c(Cl)c1)S(=O)(=O)c1ccccc1. The summed E-state index contributed by atoms with van der Waals surface area (Å²) >= 11 is 12.7. The molecular formula is C29H33Cl2N3O4S. The van der Waals surface area contributed by atoms with Crippen LogP contribution >= 0.6 is 23.2 Å². The van der Waals surface area contributed by atoms with Gasteiger partial charge in [-0.1, -0.05) is 79.0 Å². The van der Waals surface area contributed by atoms with Crippen LogP contribution in [0.2, 0.25) is 10.0 Å². The predicted molar refractivity (Wildman–Crippen MR) is 157 cm³/mol. The van der Waals surface area contributed by atoms with E-state index in [0.717, 1.165) is 22.7 Å². The van der Waals surface area contributed by atoms with E-state index in [4.69, 9.17) is 23.2 Å². The van der Waals surface area contributed by atoms with Crippen molar-refractivity contribution in [1.29, 1.82) is 0 Å². The first-order valence-electron chi connectivity index (χ1n) is 12.7. The number of hydrogen-bond donors (Lipinski definition) is 1. The van der Waals surface area contributed by atoms with Crippen LogP contribution in [0, 0.1) is 6.92 Å². The molecule has 0 spiro atoms. The Morgan fingerprint density at radius 2 is 1.62 bits per heavy atom. The summed E-state index contributed by atoms with van der Waals surface area (Å²) in [4.78, 5) is 28.3. The summed E-state index contributed by atoms with van der Waals surface area (Å²) in [6.45, 7) is 5.39. The summed E-state index contributed by atoms with van der Waals surface area (Å²) in [5.41, 5.74) is 1.64. The molecule has 3 rings (SSSR count). The van der Waals surface area contributed by atoms with Gasteiger partial charge in [0.05, 0.1) is 10.6 Å². The lowest BCUT2D eigenvalue weighted by Gasteiger charge is -2.32. The number of aryl methyl sites for hydroxylation is 1. The molecule has 2 amide bonds. The third-order valence-corrected chi connectivity index (χ3v) is 8.91. The maximum atomic E-state index is 13.9. The number of amides is 2. The quantitative estimate of drug-likeness (QED) is 0.269. The number of anilines is 1. The van der Waals surface area contributed by atoms with Crippen LogP contribution < -0.4 is 9.62 Å². The molecule has 7 nitrogen and oxygen atoms in total. The van der Waals surface area contributed by atoms with E-state index in [-0.39, 0.29) is 23.0 Å². The number of sulfonamides is 1. The molecule has 0 saturated heterocycles. The molecule has 1 atom stereocenters. The Hall–Kier alpha value is -3.07. The molecule has 0 bridgehead atoms. The lowest BCUT2D eigenvalue weighted by molar-refractivity contribution is -0.139. The van der Waals surface area contributed by atoms with Gasteiger partial charge in [-0.25, -0.2) is 8.42 Å². The zero-order valence-electron chi connectivity index (χ0n) is 22.2. The number of hydrogen-bond acceptors (Lipinski definition) is 4. The number of unbranched alkanes of at least 4 members (excludes halogenated alkanes) is 1. The average Bonchev–Trinajstić information content (AvgIpc) is 2.92. The maximum Gasteiger partial charge on any atom is 0.264 e. The first kappa shape index (κ1) is 30.5. The fourth-order valence-electron chi connectivity index (χ4n) is 3.91. The number of nitrogens with one attached hydrogen (secondary N) is 1. The van der Waals surface area contributed by atoms with Gasteiger partial charge >= 0.3 is 0 Å². The second kappa shape index (κ2) is 13.8. The maximum absolute atomic E-state index is 13.9. The van der Waals surface area contributed by atoms with Gasteiger partial charge in [-0.05, 0) is 61.7 Å². The van der Waals surface area contributed by atoms with Crippen LogP contribution in [0.3, 0.4) is 0 Å². The minimum Gasteiger partial charge on any atom is -0.354 e. The molecule has 0 aliphatic heterocycles. The number of benzene rings is 3. The normalized spacial score (nSPS) is 12.0. The van der Waals surface area contributed by atoms with Crippen LogP contribution in [0.1, 0.15) is 37.8 Å². The van der Waals surface area contributed by atoms with Gasteiger partial charge in [0.15, 0.2) is 0 Å². The van der Waals surface area contributed by atoms with Crippen LogP contribution in [-0.4, -0.2) is 44.3 Å². The summed E-state index contributed by atoms with van der Waals surface area (Å²) in [7, 11) is -4.16. The first-order valence-corrected chi connectivity index (χ1v) is 14.9. The highest BCUT2D eigenvalue weighted by Gasteiger charge is 2.32. The third-order valence-electron chi connectivity index (χ3n) is 6.35. The van der Waals surface area contributed by atoms with Crippen molar-refractivity contribution in [3.8, 4) is 0 Å². The molecule has 39 heavy (non-hydrogen) atoms. The molecule has 1 N–H and O–H groups in total. The van der Waals surface area contributed by atoms with E-state index in [9.17, 15) is 18.0 Å². The van der Waals surface area contributed by atoms with E-state index >= 15 is 0 Å². The van der Waals surface area contributed by atoms with Gasteiger partial charge in [-0.15, -0.1) is 0 Å². The Morgan fingerprint density at radius 3 is 2.26 bits per heavy atom. The van der Waals surface area contributed by atoms with Crippen LogP contribution in [0.15, 0.2) is 77.7 Å². The topological polar surface area (TPSA) is 86.8 Å². The standard InChI is InChI=1S/C29H33Cl2N3O4S/c1-4-5-17-32-29(36)22(3)33(19-23-11-9-10-14-26(23)30)28(35)20-34(24-16-15-21(2)27(31)18-24)39(37,38)25-12-7-6-8-13-25/h6-16,18,22H,4-5,17,19-20H2,1-3H3,(H,32,36)/t22-/m0/s1. The van der Waals surface area contributed by atoms with E-state index in [1.54, 1.807) is 68.4 Å². The van der Waals surface area contributed by atoms with Crippen molar-refractivity contribution >= 4 is 50.7 Å². The van der Waals surface area contributed by atoms with Gasteiger partial charge in [-0.2, -0.15) is 0 Å². The smallest absolute Gasteiger partial charge is 0.264 e. The van der Waals surface area contributed by atoms with Crippen LogP contribution in [0.4, 0.5) is 5.69 Å². The number of halogens is 2. The minimum absolute atomic E-state index is 0.0226. The average molecular weight is 591 g/mol. The Morgan fingerprint density at radius 1 is 0.949 bits per heavy atom. The van der Waals surface area contributed by atoms with Crippen molar-refractivity contribution in [2.24, 2.45) is 0 Å². The molecule has 0 aliphatic rings. The largest absolute Gasteiger partial charge is 0.354 e. The molecule has 10 heteroatoms. The fourth-order valence-corrected chi connectivity index (χ4v) is 5.71. The van der Waals surface area contributed by atoms with Crippen molar-refractivity contribution in [2.45, 2.75) is 51.1 Å². The summed E-state index contributed by atoms with van der Waals surface area (Å²) in [6, 6.07) is 18.8. The molecule has 0 saturated carbocycles. The van der Waals surface area contributed by atoms with Crippen molar-refractivity contribution in [2.75, 3.05) is 17.4 Å². The van der Waals surface area contributed by atoms with Crippen molar-refractivity contribution in [1.82, 2.24) is 10.2 Å². The molecule has 0 aromatic heterocycles. The van der Waals surface area contributed by atoms with Crippen molar-refractivity contribution in [3.63, 3.8) is 0 Å². The van der Waals surface area contributed by atoms with Crippen LogP contribution in [0.25, 0.3) is 0 Å². The van der Waals surface area contributed by atoms with E-state index in [0.29, 0.717) is 22.2 Å². The van der Waals surface area contributed by atoms with Crippen molar-refractivity contribution in [3.05, 3.63) is 94.0 Å². The predicted octanol–water partition coefficient (Wildman–Crippen LogP) is 5.83. The molecule has 3 aromatic rings. The number of carbonyl (C=O) groups excluding carboxylic acids is 2. The number of carbonyl (C=O) groups is 2. The molecule has 0 radical (unpaired) electrons. The Balaban J connectivity index is 2.02. The highest BCUT2D eigenvalue weighted by atomic mass is 35.5. The Bertz CT molecular complexity index is 1400. The zero-order valence-corrected chi connectivity index (χ0v) is 24.6. The lowest BCUT2D eigenvalue weighted by atomic mass is 10.1. The van der Waals surface area contributed by atoms with E-state index < -0.39 is 28.5 Å². The summed E-state index contributed by atoms with van der Waals surface area (Å²) in [5.74, 6) is -0.899. The van der Waals surface area contributed by atoms with Gasteiger partial charge in [0.1, 0.15) is 12.6 Å².